The third-order valence-electron chi connectivity index (χ3n) is 4.24. The summed E-state index contributed by atoms with van der Waals surface area (Å²) in [6.07, 6.45) is 2.80. The Labute approximate surface area is 143 Å². The first-order valence-corrected chi connectivity index (χ1v) is 8.91. The highest BCUT2D eigenvalue weighted by Crippen LogP contribution is 2.30. The molecule has 122 valence electrons. The normalized spacial score (nSPS) is 16.1. The SMILES string of the molecule is O=C(CCc1nc(-c2cccs2)no1)N[C@@H]1CCc2ccccc21. The van der Waals surface area contributed by atoms with Gasteiger partial charge in [-0.3, -0.25) is 4.79 Å². The van der Waals surface area contributed by atoms with Crippen LogP contribution < -0.4 is 5.32 Å². The van der Waals surface area contributed by atoms with E-state index in [0.29, 0.717) is 24.6 Å². The molecule has 0 saturated carbocycles. The van der Waals surface area contributed by atoms with E-state index >= 15 is 0 Å². The lowest BCUT2D eigenvalue weighted by Crippen LogP contribution is -2.27. The summed E-state index contributed by atoms with van der Waals surface area (Å²) in [4.78, 5) is 17.5. The zero-order chi connectivity index (χ0) is 16.4. The van der Waals surface area contributed by atoms with E-state index in [9.17, 15) is 4.79 Å². The standard InChI is InChI=1S/C18H17N3O2S/c22-16(19-14-8-7-12-4-1-2-5-13(12)14)9-10-17-20-18(21-23-17)15-6-3-11-24-15/h1-6,11,14H,7-10H2,(H,19,22)/t14-/m1/s1. The van der Waals surface area contributed by atoms with E-state index in [-0.39, 0.29) is 11.9 Å². The minimum absolute atomic E-state index is 0.0209. The molecule has 4 rings (SSSR count). The maximum atomic E-state index is 12.2. The van der Waals surface area contributed by atoms with E-state index in [1.54, 1.807) is 11.3 Å². The zero-order valence-electron chi connectivity index (χ0n) is 13.1. The minimum Gasteiger partial charge on any atom is -0.349 e. The highest BCUT2D eigenvalue weighted by Gasteiger charge is 2.23. The summed E-state index contributed by atoms with van der Waals surface area (Å²) in [6.45, 7) is 0. The fourth-order valence-electron chi connectivity index (χ4n) is 3.06. The Balaban J connectivity index is 1.33. The first-order valence-electron chi connectivity index (χ1n) is 8.03. The van der Waals surface area contributed by atoms with Crippen LogP contribution in [0.3, 0.4) is 0 Å². The van der Waals surface area contributed by atoms with E-state index < -0.39 is 0 Å². The number of aromatic nitrogens is 2. The molecule has 1 aromatic carbocycles. The van der Waals surface area contributed by atoms with E-state index in [4.69, 9.17) is 4.52 Å². The van der Waals surface area contributed by atoms with Gasteiger partial charge in [0.05, 0.1) is 10.9 Å². The van der Waals surface area contributed by atoms with Gasteiger partial charge in [-0.2, -0.15) is 4.98 Å². The topological polar surface area (TPSA) is 68.0 Å². The molecule has 2 aromatic heterocycles. The summed E-state index contributed by atoms with van der Waals surface area (Å²) >= 11 is 1.56. The highest BCUT2D eigenvalue weighted by atomic mass is 32.1. The van der Waals surface area contributed by atoms with Crippen LogP contribution in [0.25, 0.3) is 10.7 Å². The van der Waals surface area contributed by atoms with Gasteiger partial charge < -0.3 is 9.84 Å². The molecule has 2 heterocycles. The molecular weight excluding hydrogens is 322 g/mol. The van der Waals surface area contributed by atoms with Crippen LogP contribution in [0.5, 0.6) is 0 Å². The lowest BCUT2D eigenvalue weighted by Gasteiger charge is -2.13. The largest absolute Gasteiger partial charge is 0.349 e. The van der Waals surface area contributed by atoms with E-state index in [1.165, 1.54) is 11.1 Å². The van der Waals surface area contributed by atoms with Crippen molar-refractivity contribution in [3.63, 3.8) is 0 Å². The summed E-state index contributed by atoms with van der Waals surface area (Å²) in [5.41, 5.74) is 2.57. The van der Waals surface area contributed by atoms with Crippen LogP contribution >= 0.6 is 11.3 Å². The lowest BCUT2D eigenvalue weighted by molar-refractivity contribution is -0.121. The molecule has 1 amide bonds. The predicted molar refractivity (Wildman–Crippen MR) is 91.6 cm³/mol. The number of nitrogens with one attached hydrogen (secondary N) is 1. The van der Waals surface area contributed by atoms with E-state index in [2.05, 4.69) is 27.6 Å². The van der Waals surface area contributed by atoms with Crippen LogP contribution in [0.4, 0.5) is 0 Å². The van der Waals surface area contributed by atoms with Crippen molar-refractivity contribution in [2.75, 3.05) is 0 Å². The molecule has 0 radical (unpaired) electrons. The van der Waals surface area contributed by atoms with Gasteiger partial charge in [0.1, 0.15) is 0 Å². The zero-order valence-corrected chi connectivity index (χ0v) is 13.9. The number of nitrogens with zero attached hydrogens (tertiary/aromatic N) is 2. The summed E-state index contributed by atoms with van der Waals surface area (Å²) < 4.78 is 5.23. The van der Waals surface area contributed by atoms with Crippen LogP contribution in [-0.4, -0.2) is 16.0 Å². The van der Waals surface area contributed by atoms with E-state index in [0.717, 1.165) is 17.7 Å². The number of fused-ring (bicyclic) bond motifs is 1. The van der Waals surface area contributed by atoms with Gasteiger partial charge in [-0.15, -0.1) is 11.3 Å². The molecule has 0 fully saturated rings. The van der Waals surface area contributed by atoms with Crippen LogP contribution in [0.2, 0.25) is 0 Å². The molecule has 0 saturated heterocycles. The number of hydrogen-bond donors (Lipinski definition) is 1. The maximum Gasteiger partial charge on any atom is 0.227 e. The van der Waals surface area contributed by atoms with Crippen molar-refractivity contribution < 1.29 is 9.32 Å². The van der Waals surface area contributed by atoms with Gasteiger partial charge >= 0.3 is 0 Å². The van der Waals surface area contributed by atoms with E-state index in [1.807, 2.05) is 29.6 Å². The Morgan fingerprint density at radius 1 is 1.29 bits per heavy atom. The summed E-state index contributed by atoms with van der Waals surface area (Å²) in [7, 11) is 0. The molecule has 0 unspecified atom stereocenters. The summed E-state index contributed by atoms with van der Waals surface area (Å²) in [6, 6.07) is 12.3. The minimum atomic E-state index is 0.0209. The van der Waals surface area contributed by atoms with Crippen molar-refractivity contribution in [1.82, 2.24) is 15.5 Å². The molecule has 0 aliphatic heterocycles. The Hall–Kier alpha value is -2.47. The van der Waals surface area contributed by atoms with Gasteiger partial charge in [0, 0.05) is 12.8 Å². The Morgan fingerprint density at radius 2 is 2.21 bits per heavy atom. The molecule has 1 aliphatic carbocycles. The number of rotatable bonds is 5. The molecule has 1 aliphatic rings. The number of hydrogen-bond acceptors (Lipinski definition) is 5. The first-order chi connectivity index (χ1) is 11.8. The van der Waals surface area contributed by atoms with Crippen molar-refractivity contribution in [2.45, 2.75) is 31.7 Å². The molecule has 6 heteroatoms. The number of aryl methyl sites for hydroxylation is 2. The Kier molecular flexibility index (Phi) is 4.13. The van der Waals surface area contributed by atoms with Gasteiger partial charge in [0.15, 0.2) is 0 Å². The summed E-state index contributed by atoms with van der Waals surface area (Å²) in [5.74, 6) is 1.11. The average Bonchev–Trinajstić information content (AvgIpc) is 3.34. The molecular formula is C18H17N3O2S. The number of thiophene rings is 1. The number of carbonyl (C=O) groups is 1. The van der Waals surface area contributed by atoms with Crippen LogP contribution in [-0.2, 0) is 17.6 Å². The average molecular weight is 339 g/mol. The fraction of sp³-hybridized carbons (Fsp3) is 0.278. The monoisotopic (exact) mass is 339 g/mol. The van der Waals surface area contributed by atoms with Crippen LogP contribution in [0.15, 0.2) is 46.3 Å². The second-order valence-electron chi connectivity index (χ2n) is 5.85. The van der Waals surface area contributed by atoms with Crippen molar-refractivity contribution in [3.8, 4) is 10.7 Å². The number of amides is 1. The second kappa shape index (κ2) is 6.57. The van der Waals surface area contributed by atoms with Gasteiger partial charge in [-0.1, -0.05) is 35.5 Å². The van der Waals surface area contributed by atoms with Crippen LogP contribution in [0, 0.1) is 0 Å². The van der Waals surface area contributed by atoms with Crippen molar-refractivity contribution in [3.05, 3.63) is 58.8 Å². The lowest BCUT2D eigenvalue weighted by atomic mass is 10.1. The molecule has 1 atom stereocenters. The number of benzene rings is 1. The Bertz CT molecular complexity index is 842. The molecule has 24 heavy (non-hydrogen) atoms. The Morgan fingerprint density at radius 3 is 3.08 bits per heavy atom. The van der Waals surface area contributed by atoms with Crippen molar-refractivity contribution >= 4 is 17.2 Å². The molecule has 0 bridgehead atoms. The third kappa shape index (κ3) is 3.10. The van der Waals surface area contributed by atoms with Crippen LogP contribution in [0.1, 0.15) is 35.9 Å². The van der Waals surface area contributed by atoms with Gasteiger partial charge in [-0.25, -0.2) is 0 Å². The fourth-order valence-corrected chi connectivity index (χ4v) is 3.71. The quantitative estimate of drug-likeness (QED) is 0.772. The third-order valence-corrected chi connectivity index (χ3v) is 5.11. The van der Waals surface area contributed by atoms with Gasteiger partial charge in [0.2, 0.25) is 17.6 Å². The smallest absolute Gasteiger partial charge is 0.227 e. The van der Waals surface area contributed by atoms with Gasteiger partial charge in [0.25, 0.3) is 0 Å². The predicted octanol–water partition coefficient (Wildman–Crippen LogP) is 3.53. The molecule has 5 nitrogen and oxygen atoms in total. The maximum absolute atomic E-state index is 12.2. The second-order valence-corrected chi connectivity index (χ2v) is 6.79. The molecule has 0 spiro atoms. The van der Waals surface area contributed by atoms with Crippen molar-refractivity contribution in [1.29, 1.82) is 0 Å². The molecule has 1 N–H and O–H groups in total. The highest BCUT2D eigenvalue weighted by molar-refractivity contribution is 7.13. The van der Waals surface area contributed by atoms with Crippen molar-refractivity contribution in [2.24, 2.45) is 0 Å². The first kappa shape index (κ1) is 15.1. The molecule has 3 aromatic rings. The van der Waals surface area contributed by atoms with Gasteiger partial charge in [-0.05, 0) is 35.4 Å². The number of carbonyl (C=O) groups excluding carboxylic acids is 1. The summed E-state index contributed by atoms with van der Waals surface area (Å²) in [5, 5.41) is 9.05.